The third kappa shape index (κ3) is 2.31. The SMILES string of the molecule is C#CCNS(=O)(=O)c1ccccc1F. The van der Waals surface area contributed by atoms with Crippen molar-refractivity contribution in [3.05, 3.63) is 30.1 Å². The highest BCUT2D eigenvalue weighted by Crippen LogP contribution is 2.12. The highest BCUT2D eigenvalue weighted by molar-refractivity contribution is 7.89. The van der Waals surface area contributed by atoms with E-state index in [1.165, 1.54) is 18.2 Å². The minimum atomic E-state index is -3.82. The number of halogens is 1. The van der Waals surface area contributed by atoms with E-state index in [9.17, 15) is 12.8 Å². The van der Waals surface area contributed by atoms with Crippen molar-refractivity contribution < 1.29 is 12.8 Å². The Labute approximate surface area is 82.0 Å². The molecular formula is C9H8FNO2S. The van der Waals surface area contributed by atoms with E-state index in [-0.39, 0.29) is 6.54 Å². The zero-order valence-electron chi connectivity index (χ0n) is 7.20. The first-order valence-electron chi connectivity index (χ1n) is 3.75. The highest BCUT2D eigenvalue weighted by Gasteiger charge is 2.16. The molecular weight excluding hydrogens is 205 g/mol. The minimum absolute atomic E-state index is 0.156. The van der Waals surface area contributed by atoms with Gasteiger partial charge >= 0.3 is 0 Å². The van der Waals surface area contributed by atoms with E-state index in [1.807, 2.05) is 0 Å². The molecule has 1 aromatic carbocycles. The van der Waals surface area contributed by atoms with Crippen LogP contribution in [0.25, 0.3) is 0 Å². The lowest BCUT2D eigenvalue weighted by Crippen LogP contribution is -2.24. The predicted octanol–water partition coefficient (Wildman–Crippen LogP) is 0.737. The molecule has 0 aliphatic rings. The van der Waals surface area contributed by atoms with Gasteiger partial charge in [-0.25, -0.2) is 12.8 Å². The van der Waals surface area contributed by atoms with Crippen molar-refractivity contribution in [3.8, 4) is 12.3 Å². The van der Waals surface area contributed by atoms with Crippen LogP contribution in [0.15, 0.2) is 29.2 Å². The average Bonchev–Trinajstić information content (AvgIpc) is 2.15. The summed E-state index contributed by atoms with van der Waals surface area (Å²) in [6.07, 6.45) is 4.88. The van der Waals surface area contributed by atoms with Crippen LogP contribution in [0.1, 0.15) is 0 Å². The van der Waals surface area contributed by atoms with Crippen LogP contribution in [-0.2, 0) is 10.0 Å². The first kappa shape index (κ1) is 10.7. The van der Waals surface area contributed by atoms with Crippen molar-refractivity contribution in [2.24, 2.45) is 0 Å². The molecule has 0 spiro atoms. The molecule has 0 unspecified atom stereocenters. The van der Waals surface area contributed by atoms with Crippen molar-refractivity contribution in [1.82, 2.24) is 4.72 Å². The molecule has 0 radical (unpaired) electrons. The van der Waals surface area contributed by atoms with Gasteiger partial charge in [0.25, 0.3) is 0 Å². The molecule has 0 heterocycles. The van der Waals surface area contributed by atoms with E-state index in [2.05, 4.69) is 10.6 Å². The van der Waals surface area contributed by atoms with Crippen LogP contribution in [0, 0.1) is 18.2 Å². The second kappa shape index (κ2) is 4.22. The van der Waals surface area contributed by atoms with E-state index in [4.69, 9.17) is 6.42 Å². The van der Waals surface area contributed by atoms with Gasteiger partial charge < -0.3 is 0 Å². The number of benzene rings is 1. The molecule has 0 saturated carbocycles. The Morgan fingerprint density at radius 2 is 2.07 bits per heavy atom. The third-order valence-electron chi connectivity index (χ3n) is 1.49. The average molecular weight is 213 g/mol. The van der Waals surface area contributed by atoms with Crippen molar-refractivity contribution in [2.75, 3.05) is 6.54 Å². The van der Waals surface area contributed by atoms with Gasteiger partial charge in [-0.3, -0.25) is 0 Å². The van der Waals surface area contributed by atoms with Gasteiger partial charge in [-0.05, 0) is 12.1 Å². The Bertz CT molecular complexity index is 462. The molecule has 0 amide bonds. The van der Waals surface area contributed by atoms with Gasteiger partial charge in [0, 0.05) is 0 Å². The van der Waals surface area contributed by atoms with Gasteiger partial charge in [0.1, 0.15) is 10.7 Å². The molecule has 14 heavy (non-hydrogen) atoms. The number of hydrogen-bond donors (Lipinski definition) is 1. The molecule has 0 aliphatic heterocycles. The van der Waals surface area contributed by atoms with Crippen LogP contribution in [-0.4, -0.2) is 15.0 Å². The van der Waals surface area contributed by atoms with Gasteiger partial charge in [-0.15, -0.1) is 6.42 Å². The van der Waals surface area contributed by atoms with Gasteiger partial charge in [-0.2, -0.15) is 4.72 Å². The third-order valence-corrected chi connectivity index (χ3v) is 2.92. The Hall–Kier alpha value is -1.38. The first-order valence-corrected chi connectivity index (χ1v) is 5.24. The van der Waals surface area contributed by atoms with Crippen molar-refractivity contribution in [3.63, 3.8) is 0 Å². The summed E-state index contributed by atoms with van der Waals surface area (Å²) < 4.78 is 37.8. The fourth-order valence-corrected chi connectivity index (χ4v) is 1.89. The molecule has 0 saturated heterocycles. The molecule has 1 aromatic rings. The van der Waals surface area contributed by atoms with Crippen molar-refractivity contribution >= 4 is 10.0 Å². The summed E-state index contributed by atoms with van der Waals surface area (Å²) in [5.74, 6) is 1.31. The Morgan fingerprint density at radius 3 is 2.64 bits per heavy atom. The van der Waals surface area contributed by atoms with E-state index in [0.29, 0.717) is 0 Å². The predicted molar refractivity (Wildman–Crippen MR) is 50.4 cm³/mol. The van der Waals surface area contributed by atoms with E-state index >= 15 is 0 Å². The lowest BCUT2D eigenvalue weighted by molar-refractivity contribution is 0.560. The molecule has 0 fully saturated rings. The maximum Gasteiger partial charge on any atom is 0.244 e. The van der Waals surface area contributed by atoms with Crippen LogP contribution >= 0.6 is 0 Å². The summed E-state index contributed by atoms with van der Waals surface area (Å²) >= 11 is 0. The van der Waals surface area contributed by atoms with Gasteiger partial charge in [0.05, 0.1) is 6.54 Å². The highest BCUT2D eigenvalue weighted by atomic mass is 32.2. The number of hydrogen-bond acceptors (Lipinski definition) is 2. The summed E-state index contributed by atoms with van der Waals surface area (Å²) in [4.78, 5) is -0.393. The topological polar surface area (TPSA) is 46.2 Å². The minimum Gasteiger partial charge on any atom is -0.207 e. The second-order valence-corrected chi connectivity index (χ2v) is 4.19. The maximum atomic E-state index is 13.0. The Morgan fingerprint density at radius 1 is 1.43 bits per heavy atom. The molecule has 0 bridgehead atoms. The Balaban J connectivity index is 3.06. The fourth-order valence-electron chi connectivity index (χ4n) is 0.877. The summed E-state index contributed by atoms with van der Waals surface area (Å²) in [5.41, 5.74) is 0. The lowest BCUT2D eigenvalue weighted by atomic mass is 10.4. The molecule has 0 aromatic heterocycles. The molecule has 1 rings (SSSR count). The monoisotopic (exact) mass is 213 g/mol. The van der Waals surface area contributed by atoms with E-state index in [0.717, 1.165) is 6.07 Å². The summed E-state index contributed by atoms with van der Waals surface area (Å²) in [6.45, 7) is -0.156. The van der Waals surface area contributed by atoms with Crippen LogP contribution in [0.3, 0.4) is 0 Å². The first-order chi connectivity index (χ1) is 6.58. The van der Waals surface area contributed by atoms with Crippen LogP contribution < -0.4 is 4.72 Å². The standard InChI is InChI=1S/C9H8FNO2S/c1-2-7-11-14(12,13)9-6-4-3-5-8(9)10/h1,3-6,11H,7H2. The molecule has 74 valence electrons. The molecule has 0 atom stereocenters. The normalized spacial score (nSPS) is 10.9. The fraction of sp³-hybridized carbons (Fsp3) is 0.111. The molecule has 5 heteroatoms. The van der Waals surface area contributed by atoms with Gasteiger partial charge in [0.15, 0.2) is 0 Å². The van der Waals surface area contributed by atoms with Crippen LogP contribution in [0.4, 0.5) is 4.39 Å². The molecule has 3 nitrogen and oxygen atoms in total. The summed E-state index contributed by atoms with van der Waals surface area (Å²) in [7, 11) is -3.82. The maximum absolute atomic E-state index is 13.0. The number of nitrogens with one attached hydrogen (secondary N) is 1. The zero-order valence-corrected chi connectivity index (χ0v) is 8.01. The largest absolute Gasteiger partial charge is 0.244 e. The zero-order chi connectivity index (χ0) is 10.6. The van der Waals surface area contributed by atoms with Crippen LogP contribution in [0.2, 0.25) is 0 Å². The van der Waals surface area contributed by atoms with E-state index < -0.39 is 20.7 Å². The lowest BCUT2D eigenvalue weighted by Gasteiger charge is -2.04. The molecule has 1 N–H and O–H groups in total. The van der Waals surface area contributed by atoms with Crippen molar-refractivity contribution in [1.29, 1.82) is 0 Å². The van der Waals surface area contributed by atoms with Gasteiger partial charge in [0.2, 0.25) is 10.0 Å². The van der Waals surface area contributed by atoms with Crippen molar-refractivity contribution in [2.45, 2.75) is 4.90 Å². The van der Waals surface area contributed by atoms with E-state index in [1.54, 1.807) is 0 Å². The quantitative estimate of drug-likeness (QED) is 0.753. The van der Waals surface area contributed by atoms with Crippen LogP contribution in [0.5, 0.6) is 0 Å². The summed E-state index contributed by atoms with van der Waals surface area (Å²) in [5, 5.41) is 0. The van der Waals surface area contributed by atoms with Gasteiger partial charge in [-0.1, -0.05) is 18.1 Å². The Kier molecular flexibility index (Phi) is 3.23. The number of rotatable bonds is 3. The number of sulfonamides is 1. The smallest absolute Gasteiger partial charge is 0.207 e. The molecule has 0 aliphatic carbocycles. The second-order valence-electron chi connectivity index (χ2n) is 2.46. The summed E-state index contributed by atoms with van der Waals surface area (Å²) in [6, 6.07) is 5.10. The number of terminal acetylenes is 1.